The number of fused-ring (bicyclic) bond motifs is 4. The van der Waals surface area contributed by atoms with Gasteiger partial charge in [0.15, 0.2) is 0 Å². The molecule has 2 aromatic rings. The second kappa shape index (κ2) is 4.54. The van der Waals surface area contributed by atoms with Gasteiger partial charge < -0.3 is 5.32 Å². The highest BCUT2D eigenvalue weighted by molar-refractivity contribution is 7.99. The minimum Gasteiger partial charge on any atom is -0.378 e. The van der Waals surface area contributed by atoms with Gasteiger partial charge in [-0.2, -0.15) is 0 Å². The molecule has 0 bridgehead atoms. The van der Waals surface area contributed by atoms with Gasteiger partial charge in [-0.15, -0.1) is 11.8 Å². The van der Waals surface area contributed by atoms with E-state index in [4.69, 9.17) is 0 Å². The molecule has 0 spiro atoms. The number of aryl methyl sites for hydroxylation is 1. The van der Waals surface area contributed by atoms with Crippen LogP contribution >= 0.6 is 11.8 Å². The van der Waals surface area contributed by atoms with E-state index in [1.165, 1.54) is 33.0 Å². The van der Waals surface area contributed by atoms with Crippen molar-refractivity contribution < 1.29 is 0 Å². The van der Waals surface area contributed by atoms with Crippen LogP contribution in [0.2, 0.25) is 0 Å². The molecule has 2 heterocycles. The fourth-order valence-electron chi connectivity index (χ4n) is 3.94. The molecule has 2 aliphatic heterocycles. The van der Waals surface area contributed by atoms with Gasteiger partial charge in [-0.05, 0) is 35.1 Å². The number of nitrogens with one attached hydrogen (secondary N) is 1. The highest BCUT2D eigenvalue weighted by atomic mass is 32.2. The smallest absolute Gasteiger partial charge is 0.0569 e. The normalized spacial score (nSPS) is 25.3. The molecule has 2 unspecified atom stereocenters. The fraction of sp³-hybridized carbons (Fsp3) is 0.368. The number of thioether (sulfide) groups is 1. The molecule has 2 aromatic carbocycles. The van der Waals surface area contributed by atoms with E-state index in [1.54, 1.807) is 0 Å². The van der Waals surface area contributed by atoms with Gasteiger partial charge in [0, 0.05) is 22.3 Å². The molecule has 21 heavy (non-hydrogen) atoms. The molecule has 0 aliphatic carbocycles. The second-order valence-electron chi connectivity index (χ2n) is 6.80. The molecule has 4 rings (SSSR count). The number of rotatable bonds is 0. The first-order valence-electron chi connectivity index (χ1n) is 7.67. The maximum absolute atomic E-state index is 3.82. The number of anilines is 1. The van der Waals surface area contributed by atoms with E-state index in [9.17, 15) is 0 Å². The summed E-state index contributed by atoms with van der Waals surface area (Å²) in [5, 5.41) is 3.82. The van der Waals surface area contributed by atoms with Crippen LogP contribution in [-0.2, 0) is 5.41 Å². The molecule has 1 nitrogen and oxygen atoms in total. The summed E-state index contributed by atoms with van der Waals surface area (Å²) in [5.41, 5.74) is 5.88. The minimum absolute atomic E-state index is 0.209. The van der Waals surface area contributed by atoms with Crippen LogP contribution in [0.4, 0.5) is 5.69 Å². The van der Waals surface area contributed by atoms with Crippen LogP contribution in [0.1, 0.15) is 36.6 Å². The average molecular weight is 295 g/mol. The van der Waals surface area contributed by atoms with Gasteiger partial charge in [-0.1, -0.05) is 50.2 Å². The van der Waals surface area contributed by atoms with Crippen LogP contribution in [0.25, 0.3) is 0 Å². The highest BCUT2D eigenvalue weighted by Crippen LogP contribution is 2.54. The molecule has 1 N–H and O–H groups in total. The van der Waals surface area contributed by atoms with Crippen molar-refractivity contribution >= 4 is 17.4 Å². The van der Waals surface area contributed by atoms with Crippen molar-refractivity contribution in [3.05, 3.63) is 59.2 Å². The van der Waals surface area contributed by atoms with Crippen molar-refractivity contribution in [1.82, 2.24) is 0 Å². The Bertz CT molecular complexity index is 704. The first-order valence-corrected chi connectivity index (χ1v) is 8.66. The number of benzene rings is 2. The molecule has 0 aromatic heterocycles. The van der Waals surface area contributed by atoms with Crippen LogP contribution < -0.4 is 5.32 Å². The van der Waals surface area contributed by atoms with Crippen molar-refractivity contribution in [1.29, 1.82) is 0 Å². The molecule has 2 heteroatoms. The van der Waals surface area contributed by atoms with E-state index in [2.05, 4.69) is 68.6 Å². The molecule has 2 aliphatic rings. The molecule has 0 fully saturated rings. The van der Waals surface area contributed by atoms with Gasteiger partial charge in [0.2, 0.25) is 0 Å². The Morgan fingerprint density at radius 1 is 1.10 bits per heavy atom. The van der Waals surface area contributed by atoms with E-state index in [1.807, 2.05) is 11.8 Å². The Morgan fingerprint density at radius 2 is 1.90 bits per heavy atom. The van der Waals surface area contributed by atoms with Gasteiger partial charge in [0.05, 0.1) is 6.04 Å². The summed E-state index contributed by atoms with van der Waals surface area (Å²) >= 11 is 2.04. The van der Waals surface area contributed by atoms with Crippen molar-refractivity contribution in [3.8, 4) is 0 Å². The predicted molar refractivity (Wildman–Crippen MR) is 91.2 cm³/mol. The summed E-state index contributed by atoms with van der Waals surface area (Å²) < 4.78 is 0. The maximum atomic E-state index is 3.82. The summed E-state index contributed by atoms with van der Waals surface area (Å²) in [7, 11) is 0. The van der Waals surface area contributed by atoms with Crippen molar-refractivity contribution in [2.45, 2.75) is 37.1 Å². The van der Waals surface area contributed by atoms with Gasteiger partial charge in [0.1, 0.15) is 0 Å². The molecular formula is C19H21NS. The summed E-state index contributed by atoms with van der Waals surface area (Å²) in [6.07, 6.45) is 0. The van der Waals surface area contributed by atoms with E-state index < -0.39 is 0 Å². The summed E-state index contributed by atoms with van der Waals surface area (Å²) in [6.45, 7) is 7.05. The lowest BCUT2D eigenvalue weighted by Gasteiger charge is -2.49. The van der Waals surface area contributed by atoms with Gasteiger partial charge in [-0.25, -0.2) is 0 Å². The van der Waals surface area contributed by atoms with Gasteiger partial charge >= 0.3 is 0 Å². The Labute approximate surface area is 131 Å². The van der Waals surface area contributed by atoms with Crippen LogP contribution in [0.15, 0.2) is 47.4 Å². The number of hydrogen-bond donors (Lipinski definition) is 1. The lowest BCUT2D eigenvalue weighted by atomic mass is 9.66. The molecular weight excluding hydrogens is 274 g/mol. The minimum atomic E-state index is 0.209. The maximum Gasteiger partial charge on any atom is 0.0569 e. The van der Waals surface area contributed by atoms with E-state index >= 15 is 0 Å². The van der Waals surface area contributed by atoms with E-state index in [0.717, 1.165) is 0 Å². The molecule has 0 saturated carbocycles. The zero-order valence-corrected chi connectivity index (χ0v) is 13.6. The van der Waals surface area contributed by atoms with Gasteiger partial charge in [0.25, 0.3) is 0 Å². The Hall–Kier alpha value is -1.41. The molecule has 2 atom stereocenters. The van der Waals surface area contributed by atoms with Crippen LogP contribution in [0.5, 0.6) is 0 Å². The molecule has 108 valence electrons. The van der Waals surface area contributed by atoms with E-state index in [0.29, 0.717) is 12.0 Å². The Balaban J connectivity index is 1.89. The third-order valence-corrected chi connectivity index (χ3v) is 6.62. The lowest BCUT2D eigenvalue weighted by molar-refractivity contribution is 0.293. The third kappa shape index (κ3) is 1.85. The summed E-state index contributed by atoms with van der Waals surface area (Å²) in [6, 6.07) is 16.0. The van der Waals surface area contributed by atoms with Crippen LogP contribution in [0.3, 0.4) is 0 Å². The van der Waals surface area contributed by atoms with Crippen molar-refractivity contribution in [3.63, 3.8) is 0 Å². The van der Waals surface area contributed by atoms with Gasteiger partial charge in [-0.3, -0.25) is 0 Å². The topological polar surface area (TPSA) is 12.0 Å². The highest BCUT2D eigenvalue weighted by Gasteiger charge is 2.45. The quantitative estimate of drug-likeness (QED) is 0.720. The first-order chi connectivity index (χ1) is 10.1. The van der Waals surface area contributed by atoms with Crippen LogP contribution in [0, 0.1) is 12.8 Å². The largest absolute Gasteiger partial charge is 0.378 e. The van der Waals surface area contributed by atoms with Crippen molar-refractivity contribution in [2.75, 3.05) is 11.1 Å². The summed E-state index contributed by atoms with van der Waals surface area (Å²) in [5.74, 6) is 1.82. The standard InChI is InChI=1S/C19H21NS/c1-12-7-6-8-13-17-15(11-21-18(12)13)19(2,3)14-9-4-5-10-16(14)20-17/h4-10,15,17,20H,11H2,1-3H3. The molecule has 0 radical (unpaired) electrons. The molecule has 0 amide bonds. The lowest BCUT2D eigenvalue weighted by Crippen LogP contribution is -2.44. The average Bonchev–Trinajstić information content (AvgIpc) is 2.48. The number of para-hydroxylation sites is 1. The first kappa shape index (κ1) is 13.3. The van der Waals surface area contributed by atoms with Crippen LogP contribution in [-0.4, -0.2) is 5.75 Å². The molecule has 0 saturated heterocycles. The SMILES string of the molecule is Cc1cccc2c1SCC1C2Nc2ccccc2C1(C)C. The number of hydrogen-bond acceptors (Lipinski definition) is 2. The second-order valence-corrected chi connectivity index (χ2v) is 7.83. The van der Waals surface area contributed by atoms with Crippen molar-refractivity contribution in [2.24, 2.45) is 5.92 Å². The zero-order valence-electron chi connectivity index (χ0n) is 12.8. The summed E-state index contributed by atoms with van der Waals surface area (Å²) in [4.78, 5) is 1.49. The Kier molecular flexibility index (Phi) is 2.87. The predicted octanol–water partition coefficient (Wildman–Crippen LogP) is 5.16. The van der Waals surface area contributed by atoms with E-state index in [-0.39, 0.29) is 5.41 Å². The zero-order chi connectivity index (χ0) is 14.6. The monoisotopic (exact) mass is 295 g/mol. The fourth-order valence-corrected chi connectivity index (χ4v) is 5.56. The third-order valence-electron chi connectivity index (χ3n) is 5.25. The Morgan fingerprint density at radius 3 is 2.76 bits per heavy atom.